The van der Waals surface area contributed by atoms with Gasteiger partial charge in [0.05, 0.1) is 5.56 Å². The zero-order valence-electron chi connectivity index (χ0n) is 9.69. The summed E-state index contributed by atoms with van der Waals surface area (Å²) < 4.78 is 0. The van der Waals surface area contributed by atoms with Crippen LogP contribution in [0.15, 0.2) is 18.2 Å². The third-order valence-corrected chi connectivity index (χ3v) is 2.92. The lowest BCUT2D eigenvalue weighted by molar-refractivity contribution is 0.0695. The number of carbonyl (C=O) groups is 2. The molecule has 0 radical (unpaired) electrons. The third kappa shape index (κ3) is 2.46. The lowest BCUT2D eigenvalue weighted by Crippen LogP contribution is -2.27. The molecule has 0 saturated heterocycles. The SMILES string of the molecule is CCc1c(C(=O)O)cccc1C(=O)NC1CC1. The highest BCUT2D eigenvalue weighted by atomic mass is 16.4. The van der Waals surface area contributed by atoms with E-state index in [2.05, 4.69) is 5.32 Å². The second-order valence-electron chi connectivity index (χ2n) is 4.24. The lowest BCUT2D eigenvalue weighted by Gasteiger charge is -2.10. The highest BCUT2D eigenvalue weighted by molar-refractivity contribution is 6.00. The maximum Gasteiger partial charge on any atom is 0.335 e. The summed E-state index contributed by atoms with van der Waals surface area (Å²) in [5.41, 5.74) is 1.31. The molecule has 1 fully saturated rings. The summed E-state index contributed by atoms with van der Waals surface area (Å²) in [5.74, 6) is -1.14. The summed E-state index contributed by atoms with van der Waals surface area (Å²) in [7, 11) is 0. The molecule has 0 aromatic heterocycles. The average molecular weight is 233 g/mol. The van der Waals surface area contributed by atoms with Crippen molar-refractivity contribution in [3.05, 3.63) is 34.9 Å². The van der Waals surface area contributed by atoms with E-state index in [1.54, 1.807) is 12.1 Å². The Kier molecular flexibility index (Phi) is 3.13. The Labute approximate surface area is 99.6 Å². The fourth-order valence-corrected chi connectivity index (χ4v) is 1.87. The summed E-state index contributed by atoms with van der Waals surface area (Å²) in [5, 5.41) is 11.9. The van der Waals surface area contributed by atoms with E-state index in [1.165, 1.54) is 6.07 Å². The van der Waals surface area contributed by atoms with Crippen LogP contribution in [-0.4, -0.2) is 23.0 Å². The molecule has 1 aliphatic rings. The molecule has 0 atom stereocenters. The molecule has 17 heavy (non-hydrogen) atoms. The molecular formula is C13H15NO3. The van der Waals surface area contributed by atoms with E-state index in [1.807, 2.05) is 6.92 Å². The largest absolute Gasteiger partial charge is 0.478 e. The topological polar surface area (TPSA) is 66.4 Å². The number of hydrogen-bond acceptors (Lipinski definition) is 2. The Morgan fingerprint density at radius 2 is 2.00 bits per heavy atom. The minimum Gasteiger partial charge on any atom is -0.478 e. The molecule has 0 heterocycles. The lowest BCUT2D eigenvalue weighted by atomic mass is 9.98. The molecule has 2 N–H and O–H groups in total. The van der Waals surface area contributed by atoms with E-state index >= 15 is 0 Å². The first-order valence-electron chi connectivity index (χ1n) is 5.79. The fourth-order valence-electron chi connectivity index (χ4n) is 1.87. The average Bonchev–Trinajstić information content (AvgIpc) is 3.11. The molecule has 2 rings (SSSR count). The quantitative estimate of drug-likeness (QED) is 0.833. The van der Waals surface area contributed by atoms with Crippen LogP contribution in [0.2, 0.25) is 0 Å². The van der Waals surface area contributed by atoms with E-state index < -0.39 is 5.97 Å². The molecule has 0 aliphatic heterocycles. The Balaban J connectivity index is 2.34. The summed E-state index contributed by atoms with van der Waals surface area (Å²) in [4.78, 5) is 23.0. The van der Waals surface area contributed by atoms with Gasteiger partial charge in [0.1, 0.15) is 0 Å². The third-order valence-electron chi connectivity index (χ3n) is 2.92. The number of aromatic carboxylic acids is 1. The molecule has 1 saturated carbocycles. The number of carboxylic acids is 1. The molecule has 4 nitrogen and oxygen atoms in total. The predicted molar refractivity (Wildman–Crippen MR) is 63.3 cm³/mol. The van der Waals surface area contributed by atoms with Gasteiger partial charge in [0.2, 0.25) is 0 Å². The minimum absolute atomic E-state index is 0.160. The summed E-state index contributed by atoms with van der Waals surface area (Å²) in [6.45, 7) is 1.86. The first kappa shape index (κ1) is 11.6. The van der Waals surface area contributed by atoms with Gasteiger partial charge in [-0.2, -0.15) is 0 Å². The Hall–Kier alpha value is -1.84. The number of benzene rings is 1. The Morgan fingerprint density at radius 1 is 1.35 bits per heavy atom. The van der Waals surface area contributed by atoms with Gasteiger partial charge in [0, 0.05) is 11.6 Å². The smallest absolute Gasteiger partial charge is 0.335 e. The first-order valence-corrected chi connectivity index (χ1v) is 5.79. The standard InChI is InChI=1S/C13H15NO3/c1-2-9-10(12(15)14-8-6-7-8)4-3-5-11(9)13(16)17/h3-5,8H,2,6-7H2,1H3,(H,14,15)(H,16,17). The molecule has 0 unspecified atom stereocenters. The van der Waals surface area contributed by atoms with Crippen LogP contribution in [0.4, 0.5) is 0 Å². The van der Waals surface area contributed by atoms with Crippen molar-refractivity contribution in [2.24, 2.45) is 0 Å². The van der Waals surface area contributed by atoms with Crippen molar-refractivity contribution in [2.75, 3.05) is 0 Å². The van der Waals surface area contributed by atoms with Crippen LogP contribution in [0.25, 0.3) is 0 Å². The van der Waals surface area contributed by atoms with Gasteiger partial charge in [-0.05, 0) is 37.0 Å². The van der Waals surface area contributed by atoms with E-state index in [-0.39, 0.29) is 17.5 Å². The highest BCUT2D eigenvalue weighted by Crippen LogP contribution is 2.21. The molecule has 4 heteroatoms. The maximum atomic E-state index is 11.9. The number of rotatable bonds is 4. The predicted octanol–water partition coefficient (Wildman–Crippen LogP) is 1.84. The van der Waals surface area contributed by atoms with Gasteiger partial charge in [0.25, 0.3) is 5.91 Å². The van der Waals surface area contributed by atoms with E-state index in [4.69, 9.17) is 5.11 Å². The molecular weight excluding hydrogens is 218 g/mol. The second kappa shape index (κ2) is 4.57. The maximum absolute atomic E-state index is 11.9. The van der Waals surface area contributed by atoms with Crippen molar-refractivity contribution in [2.45, 2.75) is 32.2 Å². The van der Waals surface area contributed by atoms with Crippen LogP contribution in [0.5, 0.6) is 0 Å². The Bertz CT molecular complexity index is 464. The molecule has 1 aromatic rings. The van der Waals surface area contributed by atoms with Crippen molar-refractivity contribution in [1.29, 1.82) is 0 Å². The van der Waals surface area contributed by atoms with Crippen molar-refractivity contribution in [1.82, 2.24) is 5.32 Å². The zero-order valence-corrected chi connectivity index (χ0v) is 9.69. The zero-order chi connectivity index (χ0) is 12.4. The normalized spacial score (nSPS) is 14.4. The summed E-state index contributed by atoms with van der Waals surface area (Å²) >= 11 is 0. The first-order chi connectivity index (χ1) is 8.13. The molecule has 1 amide bonds. The van der Waals surface area contributed by atoms with E-state index in [0.717, 1.165) is 12.8 Å². The fraction of sp³-hybridized carbons (Fsp3) is 0.385. The van der Waals surface area contributed by atoms with Gasteiger partial charge < -0.3 is 10.4 Å². The van der Waals surface area contributed by atoms with Gasteiger partial charge in [-0.15, -0.1) is 0 Å². The second-order valence-corrected chi connectivity index (χ2v) is 4.24. The van der Waals surface area contributed by atoms with Crippen LogP contribution in [0.3, 0.4) is 0 Å². The summed E-state index contributed by atoms with van der Waals surface area (Å²) in [6.07, 6.45) is 2.58. The van der Waals surface area contributed by atoms with Crippen molar-refractivity contribution in [3.63, 3.8) is 0 Å². The van der Waals surface area contributed by atoms with Gasteiger partial charge in [-0.3, -0.25) is 4.79 Å². The molecule has 0 bridgehead atoms. The van der Waals surface area contributed by atoms with Crippen LogP contribution in [0.1, 0.15) is 46.0 Å². The number of carboxylic acid groups (broad SMARTS) is 1. The van der Waals surface area contributed by atoms with E-state index in [0.29, 0.717) is 17.5 Å². The monoisotopic (exact) mass is 233 g/mol. The van der Waals surface area contributed by atoms with Crippen LogP contribution in [0, 0.1) is 0 Å². The van der Waals surface area contributed by atoms with E-state index in [9.17, 15) is 9.59 Å². The Morgan fingerprint density at radius 3 is 2.53 bits per heavy atom. The summed E-state index contributed by atoms with van der Waals surface area (Å²) in [6, 6.07) is 5.11. The van der Waals surface area contributed by atoms with Gasteiger partial charge in [-0.1, -0.05) is 13.0 Å². The molecule has 1 aliphatic carbocycles. The van der Waals surface area contributed by atoms with Crippen molar-refractivity contribution in [3.8, 4) is 0 Å². The highest BCUT2D eigenvalue weighted by Gasteiger charge is 2.25. The molecule has 1 aromatic carbocycles. The number of amides is 1. The van der Waals surface area contributed by atoms with Crippen LogP contribution >= 0.6 is 0 Å². The van der Waals surface area contributed by atoms with Crippen LogP contribution < -0.4 is 5.32 Å². The van der Waals surface area contributed by atoms with Crippen molar-refractivity contribution >= 4 is 11.9 Å². The van der Waals surface area contributed by atoms with Crippen molar-refractivity contribution < 1.29 is 14.7 Å². The van der Waals surface area contributed by atoms with Gasteiger partial charge >= 0.3 is 5.97 Å². The van der Waals surface area contributed by atoms with Crippen LogP contribution in [-0.2, 0) is 6.42 Å². The number of hydrogen-bond donors (Lipinski definition) is 2. The number of carbonyl (C=O) groups excluding carboxylic acids is 1. The number of nitrogens with one attached hydrogen (secondary N) is 1. The molecule has 0 spiro atoms. The molecule has 90 valence electrons. The minimum atomic E-state index is -0.983. The van der Waals surface area contributed by atoms with Gasteiger partial charge in [-0.25, -0.2) is 4.79 Å². The van der Waals surface area contributed by atoms with Gasteiger partial charge in [0.15, 0.2) is 0 Å².